The first-order valence-electron chi connectivity index (χ1n) is 8.49. The van der Waals surface area contributed by atoms with E-state index in [1.54, 1.807) is 0 Å². The summed E-state index contributed by atoms with van der Waals surface area (Å²) < 4.78 is 5.41. The molecule has 130 valence electrons. The van der Waals surface area contributed by atoms with Crippen molar-refractivity contribution in [3.05, 3.63) is 65.5 Å². The van der Waals surface area contributed by atoms with Crippen molar-refractivity contribution in [2.45, 2.75) is 26.7 Å². The molecule has 0 fully saturated rings. The van der Waals surface area contributed by atoms with Gasteiger partial charge >= 0.3 is 0 Å². The van der Waals surface area contributed by atoms with Gasteiger partial charge in [0.25, 0.3) is 5.89 Å². The molecule has 7 heteroatoms. The highest BCUT2D eigenvalue weighted by Gasteiger charge is 2.14. The molecule has 4 aromatic rings. The summed E-state index contributed by atoms with van der Waals surface area (Å²) in [5.41, 5.74) is 3.73. The summed E-state index contributed by atoms with van der Waals surface area (Å²) in [5, 5.41) is 11.2. The molecule has 4 rings (SSSR count). The van der Waals surface area contributed by atoms with E-state index < -0.39 is 0 Å². The van der Waals surface area contributed by atoms with Crippen LogP contribution in [-0.2, 0) is 12.8 Å². The van der Waals surface area contributed by atoms with Crippen molar-refractivity contribution in [2.24, 2.45) is 0 Å². The minimum atomic E-state index is 0.419. The van der Waals surface area contributed by atoms with Crippen molar-refractivity contribution in [3.8, 4) is 22.8 Å². The quantitative estimate of drug-likeness (QED) is 0.595. The summed E-state index contributed by atoms with van der Waals surface area (Å²) in [6.45, 7) is 4.02. The standard InChI is InChI=1S/C19H18N6O/c1-3-14-9-10-15(12(2)20-14)19-22-17(25-26-19)11-16-21-18(24-23-16)13-7-5-4-6-8-13/h4-10H,3,11H2,1-2H3,(H,21,23,24). The van der Waals surface area contributed by atoms with Crippen LogP contribution >= 0.6 is 0 Å². The molecule has 26 heavy (non-hydrogen) atoms. The number of hydrogen-bond acceptors (Lipinski definition) is 6. The van der Waals surface area contributed by atoms with Gasteiger partial charge in [0.05, 0.1) is 17.7 Å². The maximum Gasteiger partial charge on any atom is 0.259 e. The lowest BCUT2D eigenvalue weighted by Gasteiger charge is -2.02. The Bertz CT molecular complexity index is 1020. The Balaban J connectivity index is 1.53. The van der Waals surface area contributed by atoms with E-state index in [-0.39, 0.29) is 0 Å². The highest BCUT2D eigenvalue weighted by atomic mass is 16.5. The Morgan fingerprint density at radius 2 is 1.85 bits per heavy atom. The SMILES string of the molecule is CCc1ccc(-c2nc(Cc3nc(-c4ccccc4)n[nH]3)no2)c(C)n1. The van der Waals surface area contributed by atoms with E-state index in [0.717, 1.165) is 28.9 Å². The van der Waals surface area contributed by atoms with Crippen molar-refractivity contribution >= 4 is 0 Å². The number of H-pyrrole nitrogens is 1. The second kappa shape index (κ2) is 6.87. The summed E-state index contributed by atoms with van der Waals surface area (Å²) in [7, 11) is 0. The number of nitrogens with zero attached hydrogens (tertiary/aromatic N) is 5. The molecule has 3 aromatic heterocycles. The zero-order valence-electron chi connectivity index (χ0n) is 14.6. The molecule has 0 saturated heterocycles. The van der Waals surface area contributed by atoms with Gasteiger partial charge in [-0.05, 0) is 25.5 Å². The molecule has 0 unspecified atom stereocenters. The maximum absolute atomic E-state index is 5.41. The summed E-state index contributed by atoms with van der Waals surface area (Å²) in [5.74, 6) is 2.36. The fourth-order valence-corrected chi connectivity index (χ4v) is 2.71. The van der Waals surface area contributed by atoms with Crippen molar-refractivity contribution in [1.29, 1.82) is 0 Å². The van der Waals surface area contributed by atoms with Gasteiger partial charge in [-0.2, -0.15) is 10.1 Å². The molecule has 3 heterocycles. The Labute approximate surface area is 150 Å². The predicted octanol–water partition coefficient (Wildman–Crippen LogP) is 3.38. The molecule has 7 nitrogen and oxygen atoms in total. The minimum absolute atomic E-state index is 0.419. The Kier molecular flexibility index (Phi) is 4.27. The maximum atomic E-state index is 5.41. The molecule has 0 saturated carbocycles. The molecular weight excluding hydrogens is 328 g/mol. The average molecular weight is 346 g/mol. The fraction of sp³-hybridized carbons (Fsp3) is 0.211. The van der Waals surface area contributed by atoms with Crippen LogP contribution in [0.2, 0.25) is 0 Å². The lowest BCUT2D eigenvalue weighted by Crippen LogP contribution is -1.95. The summed E-state index contributed by atoms with van der Waals surface area (Å²) in [6.07, 6.45) is 1.31. The zero-order valence-corrected chi connectivity index (χ0v) is 14.6. The lowest BCUT2D eigenvalue weighted by molar-refractivity contribution is 0.423. The normalized spacial score (nSPS) is 11.0. The van der Waals surface area contributed by atoms with Crippen LogP contribution in [0.5, 0.6) is 0 Å². The molecule has 0 bridgehead atoms. The zero-order chi connectivity index (χ0) is 17.9. The van der Waals surface area contributed by atoms with Crippen LogP contribution in [0.25, 0.3) is 22.8 Å². The largest absolute Gasteiger partial charge is 0.334 e. The van der Waals surface area contributed by atoms with Crippen LogP contribution in [0.3, 0.4) is 0 Å². The number of aryl methyl sites for hydroxylation is 2. The van der Waals surface area contributed by atoms with Gasteiger partial charge in [0.1, 0.15) is 5.82 Å². The topological polar surface area (TPSA) is 93.4 Å². The Hall–Kier alpha value is -3.35. The van der Waals surface area contributed by atoms with Gasteiger partial charge in [-0.15, -0.1) is 0 Å². The van der Waals surface area contributed by atoms with E-state index in [2.05, 4.69) is 37.2 Å². The smallest absolute Gasteiger partial charge is 0.259 e. The number of aromatic amines is 1. The van der Waals surface area contributed by atoms with E-state index in [0.29, 0.717) is 29.8 Å². The average Bonchev–Trinajstić information content (AvgIpc) is 3.32. The summed E-state index contributed by atoms with van der Waals surface area (Å²) in [4.78, 5) is 13.5. The van der Waals surface area contributed by atoms with Crippen LogP contribution in [-0.4, -0.2) is 30.3 Å². The first-order valence-corrected chi connectivity index (χ1v) is 8.49. The third kappa shape index (κ3) is 3.23. The highest BCUT2D eigenvalue weighted by molar-refractivity contribution is 5.56. The molecule has 0 aliphatic rings. The number of rotatable bonds is 5. The van der Waals surface area contributed by atoms with Crippen LogP contribution in [0.4, 0.5) is 0 Å². The van der Waals surface area contributed by atoms with Gasteiger partial charge in [0, 0.05) is 11.3 Å². The van der Waals surface area contributed by atoms with Gasteiger partial charge in [-0.1, -0.05) is 42.4 Å². The van der Waals surface area contributed by atoms with Gasteiger partial charge < -0.3 is 4.52 Å². The van der Waals surface area contributed by atoms with E-state index in [4.69, 9.17) is 4.52 Å². The third-order valence-electron chi connectivity index (χ3n) is 4.09. The fourth-order valence-electron chi connectivity index (χ4n) is 2.71. The number of benzene rings is 1. The molecule has 1 N–H and O–H groups in total. The van der Waals surface area contributed by atoms with E-state index in [9.17, 15) is 0 Å². The molecule has 0 aliphatic carbocycles. The molecule has 0 spiro atoms. The Morgan fingerprint density at radius 1 is 1.00 bits per heavy atom. The van der Waals surface area contributed by atoms with Gasteiger partial charge in [0.2, 0.25) is 0 Å². The van der Waals surface area contributed by atoms with Gasteiger partial charge in [-0.3, -0.25) is 10.1 Å². The molecule has 0 radical (unpaired) electrons. The molecule has 0 amide bonds. The van der Waals surface area contributed by atoms with Crippen LogP contribution in [0, 0.1) is 6.92 Å². The number of nitrogens with one attached hydrogen (secondary N) is 1. The van der Waals surface area contributed by atoms with Crippen LogP contribution < -0.4 is 0 Å². The summed E-state index contributed by atoms with van der Waals surface area (Å²) >= 11 is 0. The molecule has 0 aliphatic heterocycles. The van der Waals surface area contributed by atoms with E-state index in [1.807, 2.05) is 49.4 Å². The van der Waals surface area contributed by atoms with Crippen molar-refractivity contribution in [2.75, 3.05) is 0 Å². The molecule has 0 atom stereocenters. The van der Waals surface area contributed by atoms with Crippen molar-refractivity contribution in [3.63, 3.8) is 0 Å². The van der Waals surface area contributed by atoms with Crippen molar-refractivity contribution in [1.82, 2.24) is 30.3 Å². The number of pyridine rings is 1. The van der Waals surface area contributed by atoms with Crippen molar-refractivity contribution < 1.29 is 4.52 Å². The number of aromatic nitrogens is 6. The molecular formula is C19H18N6O. The van der Waals surface area contributed by atoms with Gasteiger partial charge in [0.15, 0.2) is 11.6 Å². The van der Waals surface area contributed by atoms with Gasteiger partial charge in [-0.25, -0.2) is 4.98 Å². The van der Waals surface area contributed by atoms with Crippen LogP contribution in [0.1, 0.15) is 30.0 Å². The molecule has 1 aromatic carbocycles. The second-order valence-corrected chi connectivity index (χ2v) is 5.95. The third-order valence-corrected chi connectivity index (χ3v) is 4.09. The first kappa shape index (κ1) is 16.1. The predicted molar refractivity (Wildman–Crippen MR) is 96.3 cm³/mol. The second-order valence-electron chi connectivity index (χ2n) is 5.95. The van der Waals surface area contributed by atoms with E-state index >= 15 is 0 Å². The first-order chi connectivity index (χ1) is 12.7. The monoisotopic (exact) mass is 346 g/mol. The summed E-state index contributed by atoms with van der Waals surface area (Å²) in [6, 6.07) is 13.8. The minimum Gasteiger partial charge on any atom is -0.334 e. The highest BCUT2D eigenvalue weighted by Crippen LogP contribution is 2.21. The Morgan fingerprint density at radius 3 is 2.62 bits per heavy atom. The van der Waals surface area contributed by atoms with Crippen LogP contribution in [0.15, 0.2) is 47.0 Å². The van der Waals surface area contributed by atoms with E-state index in [1.165, 1.54) is 0 Å². The number of hydrogen-bond donors (Lipinski definition) is 1. The lowest BCUT2D eigenvalue weighted by atomic mass is 10.1.